The summed E-state index contributed by atoms with van der Waals surface area (Å²) in [5.41, 5.74) is 2.05. The number of nitrogens with zero attached hydrogens (tertiary/aromatic N) is 2. The normalized spacial score (nSPS) is 13.5. The van der Waals surface area contributed by atoms with Crippen LogP contribution in [0.25, 0.3) is 21.0 Å². The molecule has 0 radical (unpaired) electrons. The first-order valence-electron chi connectivity index (χ1n) is 12.0. The van der Waals surface area contributed by atoms with Crippen molar-refractivity contribution < 1.29 is 4.79 Å². The molecule has 0 spiro atoms. The predicted molar refractivity (Wildman–Crippen MR) is 143 cm³/mol. The Labute approximate surface area is 207 Å². The van der Waals surface area contributed by atoms with Gasteiger partial charge in [0.05, 0.1) is 11.1 Å². The lowest BCUT2D eigenvalue weighted by Gasteiger charge is -2.14. The number of nitrogens with one attached hydrogen (secondary N) is 1. The Kier molecular flexibility index (Phi) is 6.75. The van der Waals surface area contributed by atoms with Gasteiger partial charge in [-0.25, -0.2) is 4.98 Å². The summed E-state index contributed by atoms with van der Waals surface area (Å²) in [6.45, 7) is 4.94. The number of fused-ring (bicyclic) bond motifs is 4. The Hall–Kier alpha value is -2.64. The highest BCUT2D eigenvalue weighted by atomic mass is 32.2. The number of hydrogen-bond acceptors (Lipinski definition) is 5. The highest BCUT2D eigenvalue weighted by Crippen LogP contribution is 2.35. The molecule has 0 aliphatic heterocycles. The zero-order valence-electron chi connectivity index (χ0n) is 19.6. The minimum Gasteiger partial charge on any atom is -0.325 e. The minimum absolute atomic E-state index is 0.0579. The monoisotopic (exact) mass is 491 g/mol. The second-order valence-electron chi connectivity index (χ2n) is 9.32. The molecule has 2 heterocycles. The van der Waals surface area contributed by atoms with Gasteiger partial charge in [-0.2, -0.15) is 0 Å². The second-order valence-corrected chi connectivity index (χ2v) is 11.3. The van der Waals surface area contributed by atoms with E-state index in [1.54, 1.807) is 15.9 Å². The van der Waals surface area contributed by atoms with Gasteiger partial charge in [0.25, 0.3) is 5.56 Å². The van der Waals surface area contributed by atoms with E-state index in [1.165, 1.54) is 28.6 Å². The summed E-state index contributed by atoms with van der Waals surface area (Å²) in [4.78, 5) is 33.4. The van der Waals surface area contributed by atoms with E-state index in [9.17, 15) is 9.59 Å². The molecule has 5 nitrogen and oxygen atoms in total. The van der Waals surface area contributed by atoms with Gasteiger partial charge < -0.3 is 5.32 Å². The summed E-state index contributed by atoms with van der Waals surface area (Å²) in [6.07, 6.45) is 5.22. The first-order valence-corrected chi connectivity index (χ1v) is 13.8. The number of carbonyl (C=O) groups is 1. The first kappa shape index (κ1) is 23.1. The highest BCUT2D eigenvalue weighted by molar-refractivity contribution is 7.99. The molecule has 0 fully saturated rings. The summed E-state index contributed by atoms with van der Waals surface area (Å²) < 4.78 is 1.80. The molecule has 7 heteroatoms. The fourth-order valence-electron chi connectivity index (χ4n) is 4.51. The van der Waals surface area contributed by atoms with Gasteiger partial charge in [0, 0.05) is 17.1 Å². The van der Waals surface area contributed by atoms with Gasteiger partial charge in [0.1, 0.15) is 4.83 Å². The van der Waals surface area contributed by atoms with Crippen LogP contribution in [0.2, 0.25) is 0 Å². The minimum atomic E-state index is -0.101. The molecule has 2 aromatic heterocycles. The van der Waals surface area contributed by atoms with Crippen LogP contribution in [0.4, 0.5) is 5.69 Å². The predicted octanol–water partition coefficient (Wildman–Crippen LogP) is 6.27. The molecule has 5 rings (SSSR count). The molecule has 4 aromatic rings. The zero-order valence-corrected chi connectivity index (χ0v) is 21.2. The molecule has 1 aliphatic carbocycles. The van der Waals surface area contributed by atoms with Crippen molar-refractivity contribution in [1.82, 2.24) is 9.55 Å². The van der Waals surface area contributed by atoms with Gasteiger partial charge in [0.2, 0.25) is 5.91 Å². The lowest BCUT2D eigenvalue weighted by atomic mass is 9.97. The van der Waals surface area contributed by atoms with Crippen LogP contribution in [-0.4, -0.2) is 21.2 Å². The fraction of sp³-hybridized carbons (Fsp3) is 0.370. The first-order chi connectivity index (χ1) is 16.5. The summed E-state index contributed by atoms with van der Waals surface area (Å²) in [6, 6.07) is 14.0. The van der Waals surface area contributed by atoms with Crippen molar-refractivity contribution in [2.24, 2.45) is 5.92 Å². The molecule has 0 unspecified atom stereocenters. The maximum absolute atomic E-state index is 13.6. The van der Waals surface area contributed by atoms with Crippen molar-refractivity contribution in [3.05, 3.63) is 63.3 Å². The molecule has 0 saturated carbocycles. The third-order valence-electron chi connectivity index (χ3n) is 6.34. The number of benzene rings is 2. The summed E-state index contributed by atoms with van der Waals surface area (Å²) in [7, 11) is 0. The maximum Gasteiger partial charge on any atom is 0.263 e. The summed E-state index contributed by atoms with van der Waals surface area (Å²) in [5, 5.41) is 6.68. The number of hydrogen-bond donors (Lipinski definition) is 1. The average Bonchev–Trinajstić information content (AvgIpc) is 3.20. The number of aryl methyl sites for hydroxylation is 2. The van der Waals surface area contributed by atoms with Gasteiger partial charge in [-0.15, -0.1) is 11.3 Å². The highest BCUT2D eigenvalue weighted by Gasteiger charge is 2.22. The van der Waals surface area contributed by atoms with E-state index in [2.05, 4.69) is 25.2 Å². The molecule has 0 saturated heterocycles. The van der Waals surface area contributed by atoms with Crippen molar-refractivity contribution in [3.63, 3.8) is 0 Å². The van der Waals surface area contributed by atoms with Crippen LogP contribution in [0.1, 0.15) is 43.6 Å². The molecule has 1 amide bonds. The van der Waals surface area contributed by atoms with E-state index in [-0.39, 0.29) is 17.2 Å². The van der Waals surface area contributed by atoms with Crippen LogP contribution in [0, 0.1) is 5.92 Å². The van der Waals surface area contributed by atoms with E-state index in [4.69, 9.17) is 4.98 Å². The second kappa shape index (κ2) is 9.92. The summed E-state index contributed by atoms with van der Waals surface area (Å²) >= 11 is 3.01. The molecule has 1 N–H and O–H groups in total. The van der Waals surface area contributed by atoms with Crippen molar-refractivity contribution in [2.75, 3.05) is 11.1 Å². The standard InChI is InChI=1S/C27H29N3O2S2/c1-17(2)13-14-30-26(32)24-21-9-5-6-10-22(21)34-25(24)29-27(30)33-16-23(31)28-20-12-11-18-7-3-4-8-19(18)15-20/h3-4,7-8,11-12,15,17H,5-6,9-10,13-14,16H2,1-2H3,(H,28,31). The van der Waals surface area contributed by atoms with Gasteiger partial charge in [0.15, 0.2) is 5.16 Å². The molecule has 0 atom stereocenters. The Morgan fingerprint density at radius 2 is 1.94 bits per heavy atom. The van der Waals surface area contributed by atoms with Crippen LogP contribution in [0.5, 0.6) is 0 Å². The van der Waals surface area contributed by atoms with E-state index in [0.717, 1.165) is 52.4 Å². The quantitative estimate of drug-likeness (QED) is 0.245. The number of thiophene rings is 1. The molecule has 176 valence electrons. The number of amides is 1. The zero-order chi connectivity index (χ0) is 23.7. The van der Waals surface area contributed by atoms with Crippen molar-refractivity contribution >= 4 is 55.7 Å². The van der Waals surface area contributed by atoms with Crippen molar-refractivity contribution in [3.8, 4) is 0 Å². The SMILES string of the molecule is CC(C)CCn1c(SCC(=O)Nc2ccc3ccccc3c2)nc2sc3c(c2c1=O)CCCC3. The van der Waals surface area contributed by atoms with E-state index in [0.29, 0.717) is 17.6 Å². The summed E-state index contributed by atoms with van der Waals surface area (Å²) in [5.74, 6) is 0.584. The topological polar surface area (TPSA) is 64.0 Å². The number of thioether (sulfide) groups is 1. The molecule has 1 aliphatic rings. The van der Waals surface area contributed by atoms with Crippen molar-refractivity contribution in [1.29, 1.82) is 0 Å². The lowest BCUT2D eigenvalue weighted by Crippen LogP contribution is -2.25. The molecule has 34 heavy (non-hydrogen) atoms. The van der Waals surface area contributed by atoms with Gasteiger partial charge in [-0.1, -0.05) is 55.9 Å². The number of aromatic nitrogens is 2. The van der Waals surface area contributed by atoms with Gasteiger partial charge >= 0.3 is 0 Å². The molecule has 2 aromatic carbocycles. The van der Waals surface area contributed by atoms with Crippen LogP contribution in [-0.2, 0) is 24.2 Å². The van der Waals surface area contributed by atoms with Crippen LogP contribution in [0.15, 0.2) is 52.4 Å². The molecule has 0 bridgehead atoms. The van der Waals surface area contributed by atoms with Gasteiger partial charge in [-0.3, -0.25) is 14.2 Å². The maximum atomic E-state index is 13.6. The number of anilines is 1. The molecular formula is C27H29N3O2S2. The lowest BCUT2D eigenvalue weighted by molar-refractivity contribution is -0.113. The fourth-order valence-corrected chi connectivity index (χ4v) is 6.64. The Morgan fingerprint density at radius 3 is 2.76 bits per heavy atom. The van der Waals surface area contributed by atoms with Gasteiger partial charge in [-0.05, 0) is 66.5 Å². The number of rotatable bonds is 7. The average molecular weight is 492 g/mol. The smallest absolute Gasteiger partial charge is 0.263 e. The molecular weight excluding hydrogens is 462 g/mol. The Balaban J connectivity index is 1.39. The van der Waals surface area contributed by atoms with Crippen molar-refractivity contribution in [2.45, 2.75) is 57.7 Å². The van der Waals surface area contributed by atoms with Crippen LogP contribution < -0.4 is 10.9 Å². The van der Waals surface area contributed by atoms with E-state index < -0.39 is 0 Å². The van der Waals surface area contributed by atoms with E-state index >= 15 is 0 Å². The number of carbonyl (C=O) groups excluding carboxylic acids is 1. The van der Waals surface area contributed by atoms with Crippen LogP contribution >= 0.6 is 23.1 Å². The Bertz CT molecular complexity index is 1420. The Morgan fingerprint density at radius 1 is 1.15 bits per heavy atom. The third-order valence-corrected chi connectivity index (χ3v) is 8.50. The van der Waals surface area contributed by atoms with E-state index in [1.807, 2.05) is 36.4 Å². The van der Waals surface area contributed by atoms with Crippen LogP contribution in [0.3, 0.4) is 0 Å². The largest absolute Gasteiger partial charge is 0.325 e. The third kappa shape index (κ3) is 4.77.